The van der Waals surface area contributed by atoms with Crippen LogP contribution in [0.5, 0.6) is 5.88 Å². The zero-order valence-electron chi connectivity index (χ0n) is 8.38. The third kappa shape index (κ3) is 1.92. The van der Waals surface area contributed by atoms with Crippen LogP contribution >= 0.6 is 0 Å². The van der Waals surface area contributed by atoms with Gasteiger partial charge in [-0.1, -0.05) is 0 Å². The lowest BCUT2D eigenvalue weighted by Gasteiger charge is -2.35. The molecule has 5 nitrogen and oxygen atoms in total. The van der Waals surface area contributed by atoms with Crippen molar-refractivity contribution in [3.05, 3.63) is 23.9 Å². The summed E-state index contributed by atoms with van der Waals surface area (Å²) in [6.45, 7) is 0.815. The van der Waals surface area contributed by atoms with Crippen LogP contribution in [0, 0.1) is 0 Å². The number of aliphatic hydroxyl groups excluding tert-OH is 1. The lowest BCUT2D eigenvalue weighted by molar-refractivity contribution is 0.00586. The van der Waals surface area contributed by atoms with Crippen LogP contribution in [0.4, 0.5) is 0 Å². The lowest BCUT2D eigenvalue weighted by Crippen LogP contribution is -2.53. The van der Waals surface area contributed by atoms with Crippen LogP contribution < -0.4 is 4.74 Å². The van der Waals surface area contributed by atoms with Crippen LogP contribution in [0.3, 0.4) is 0 Å². The quantitative estimate of drug-likeness (QED) is 0.737. The third-order valence-corrected chi connectivity index (χ3v) is 2.34. The highest BCUT2D eigenvalue weighted by Crippen LogP contribution is 2.14. The zero-order chi connectivity index (χ0) is 10.8. The number of aromatic nitrogens is 1. The lowest BCUT2D eigenvalue weighted by atomic mass is 10.1. The smallest absolute Gasteiger partial charge is 0.255 e. The molecule has 1 aromatic rings. The molecule has 0 aliphatic carbocycles. The van der Waals surface area contributed by atoms with E-state index in [0.29, 0.717) is 24.5 Å². The van der Waals surface area contributed by atoms with Crippen molar-refractivity contribution in [2.75, 3.05) is 20.2 Å². The van der Waals surface area contributed by atoms with E-state index in [1.165, 1.54) is 13.3 Å². The van der Waals surface area contributed by atoms with Crippen LogP contribution in [0.25, 0.3) is 0 Å². The van der Waals surface area contributed by atoms with Crippen molar-refractivity contribution in [2.24, 2.45) is 0 Å². The van der Waals surface area contributed by atoms with E-state index in [4.69, 9.17) is 9.84 Å². The van der Waals surface area contributed by atoms with E-state index in [1.54, 1.807) is 17.0 Å². The molecule has 0 spiro atoms. The molecule has 1 aliphatic rings. The van der Waals surface area contributed by atoms with Gasteiger partial charge >= 0.3 is 0 Å². The van der Waals surface area contributed by atoms with Gasteiger partial charge in [-0.25, -0.2) is 4.98 Å². The van der Waals surface area contributed by atoms with Crippen molar-refractivity contribution >= 4 is 5.91 Å². The molecule has 0 bridgehead atoms. The maximum Gasteiger partial charge on any atom is 0.255 e. The standard InChI is InChI=1S/C10H12N2O3/c1-15-9-3-2-7(4-11-9)10(14)12-5-8(13)6-12/h2-4,8,13H,5-6H2,1H3. The maximum absolute atomic E-state index is 11.7. The Hall–Kier alpha value is -1.62. The van der Waals surface area contributed by atoms with Gasteiger partial charge in [-0.3, -0.25) is 4.79 Å². The predicted molar refractivity (Wildman–Crippen MR) is 52.7 cm³/mol. The minimum absolute atomic E-state index is 0.101. The van der Waals surface area contributed by atoms with Crippen molar-refractivity contribution in [3.8, 4) is 5.88 Å². The number of β-amino-alcohol motifs (C(OH)–C–C–N with tert-alkyl or cyclic N) is 1. The second-order valence-corrected chi connectivity index (χ2v) is 3.45. The van der Waals surface area contributed by atoms with Crippen LogP contribution in [-0.4, -0.2) is 47.2 Å². The number of rotatable bonds is 2. The first-order chi connectivity index (χ1) is 7.20. The first kappa shape index (κ1) is 9.92. The van der Waals surface area contributed by atoms with Gasteiger partial charge < -0.3 is 14.7 Å². The maximum atomic E-state index is 11.7. The SMILES string of the molecule is COc1ccc(C(=O)N2CC(O)C2)cn1. The van der Waals surface area contributed by atoms with Gasteiger partial charge in [0.25, 0.3) is 5.91 Å². The summed E-state index contributed by atoms with van der Waals surface area (Å²) in [4.78, 5) is 17.2. The fourth-order valence-electron chi connectivity index (χ4n) is 1.43. The molecule has 1 N–H and O–H groups in total. The molecule has 1 aliphatic heterocycles. The number of pyridine rings is 1. The summed E-state index contributed by atoms with van der Waals surface area (Å²) in [7, 11) is 1.52. The Bertz CT molecular complexity index is 357. The highest BCUT2D eigenvalue weighted by atomic mass is 16.5. The van der Waals surface area contributed by atoms with E-state index in [0.717, 1.165) is 0 Å². The van der Waals surface area contributed by atoms with Gasteiger partial charge in [0.05, 0.1) is 18.8 Å². The Labute approximate surface area is 87.3 Å². The summed E-state index contributed by atoms with van der Waals surface area (Å²) in [5.41, 5.74) is 0.516. The Morgan fingerprint density at radius 3 is 2.80 bits per heavy atom. The molecule has 0 unspecified atom stereocenters. The average molecular weight is 208 g/mol. The summed E-state index contributed by atoms with van der Waals surface area (Å²) >= 11 is 0. The van der Waals surface area contributed by atoms with E-state index in [9.17, 15) is 4.79 Å². The third-order valence-electron chi connectivity index (χ3n) is 2.34. The molecule has 0 atom stereocenters. The number of amides is 1. The number of nitrogens with zero attached hydrogens (tertiary/aromatic N) is 2. The topological polar surface area (TPSA) is 62.7 Å². The van der Waals surface area contributed by atoms with Gasteiger partial charge in [0.2, 0.25) is 5.88 Å². The largest absolute Gasteiger partial charge is 0.481 e. The van der Waals surface area contributed by atoms with E-state index in [1.807, 2.05) is 0 Å². The second-order valence-electron chi connectivity index (χ2n) is 3.45. The van der Waals surface area contributed by atoms with Crippen molar-refractivity contribution in [1.29, 1.82) is 0 Å². The molecular weight excluding hydrogens is 196 g/mol. The highest BCUT2D eigenvalue weighted by molar-refractivity contribution is 5.94. The van der Waals surface area contributed by atoms with Gasteiger partial charge in [0.1, 0.15) is 0 Å². The van der Waals surface area contributed by atoms with Gasteiger partial charge in [-0.05, 0) is 6.07 Å². The van der Waals surface area contributed by atoms with E-state index in [2.05, 4.69) is 4.98 Å². The molecular formula is C10H12N2O3. The fraction of sp³-hybridized carbons (Fsp3) is 0.400. The fourth-order valence-corrected chi connectivity index (χ4v) is 1.43. The molecule has 2 heterocycles. The first-order valence-electron chi connectivity index (χ1n) is 4.68. The molecule has 2 rings (SSSR count). The number of likely N-dealkylation sites (tertiary alicyclic amines) is 1. The van der Waals surface area contributed by atoms with Crippen LogP contribution in [0.2, 0.25) is 0 Å². The highest BCUT2D eigenvalue weighted by Gasteiger charge is 2.29. The molecule has 0 radical (unpaired) electrons. The number of hydrogen-bond acceptors (Lipinski definition) is 4. The molecule has 0 saturated carbocycles. The summed E-state index contributed by atoms with van der Waals surface area (Å²) in [5, 5.41) is 9.07. The van der Waals surface area contributed by atoms with Crippen molar-refractivity contribution in [3.63, 3.8) is 0 Å². The summed E-state index contributed by atoms with van der Waals surface area (Å²) in [5.74, 6) is 0.380. The van der Waals surface area contributed by atoms with E-state index < -0.39 is 0 Å². The second kappa shape index (κ2) is 3.86. The number of carbonyl (C=O) groups excluding carboxylic acids is 1. The molecule has 15 heavy (non-hydrogen) atoms. The average Bonchev–Trinajstić information content (AvgIpc) is 2.24. The van der Waals surface area contributed by atoms with Gasteiger partial charge in [0.15, 0.2) is 0 Å². The summed E-state index contributed by atoms with van der Waals surface area (Å²) in [6.07, 6.45) is 1.10. The monoisotopic (exact) mass is 208 g/mol. The van der Waals surface area contributed by atoms with Crippen molar-refractivity contribution in [1.82, 2.24) is 9.88 Å². The molecule has 1 saturated heterocycles. The molecule has 1 aromatic heterocycles. The van der Waals surface area contributed by atoms with Crippen LogP contribution in [0.1, 0.15) is 10.4 Å². The molecule has 0 aromatic carbocycles. The Morgan fingerprint density at radius 2 is 2.33 bits per heavy atom. The minimum Gasteiger partial charge on any atom is -0.481 e. The molecule has 1 amide bonds. The molecule has 5 heteroatoms. The number of carbonyl (C=O) groups is 1. The number of methoxy groups -OCH3 is 1. The number of hydrogen-bond donors (Lipinski definition) is 1. The predicted octanol–water partition coefficient (Wildman–Crippen LogP) is -0.0931. The molecule has 80 valence electrons. The summed E-state index contributed by atoms with van der Waals surface area (Å²) in [6, 6.07) is 3.31. The Balaban J connectivity index is 2.06. The zero-order valence-corrected chi connectivity index (χ0v) is 8.38. The molecule has 1 fully saturated rings. The van der Waals surface area contributed by atoms with E-state index >= 15 is 0 Å². The Kier molecular flexibility index (Phi) is 2.55. The minimum atomic E-state index is -0.375. The van der Waals surface area contributed by atoms with Crippen LogP contribution in [-0.2, 0) is 0 Å². The number of aliphatic hydroxyl groups is 1. The van der Waals surface area contributed by atoms with Gasteiger partial charge in [0, 0.05) is 25.4 Å². The van der Waals surface area contributed by atoms with Crippen molar-refractivity contribution in [2.45, 2.75) is 6.10 Å². The van der Waals surface area contributed by atoms with Crippen molar-refractivity contribution < 1.29 is 14.6 Å². The number of ether oxygens (including phenoxy) is 1. The van der Waals surface area contributed by atoms with E-state index in [-0.39, 0.29) is 12.0 Å². The summed E-state index contributed by atoms with van der Waals surface area (Å²) < 4.78 is 4.89. The normalized spacial score (nSPS) is 16.0. The van der Waals surface area contributed by atoms with Crippen LogP contribution in [0.15, 0.2) is 18.3 Å². The van der Waals surface area contributed by atoms with Gasteiger partial charge in [-0.15, -0.1) is 0 Å². The van der Waals surface area contributed by atoms with Gasteiger partial charge in [-0.2, -0.15) is 0 Å². The first-order valence-corrected chi connectivity index (χ1v) is 4.68. The Morgan fingerprint density at radius 1 is 1.60 bits per heavy atom.